The average Bonchev–Trinajstić information content (AvgIpc) is 2.67. The minimum atomic E-state index is -0.850. The van der Waals surface area contributed by atoms with Crippen molar-refractivity contribution in [3.8, 4) is 5.75 Å². The SMILES string of the molecule is CCCC1CCC(C2CCC(c3ccc(OCC)c(F)c3F)CC2)=CO1. The zero-order valence-electron chi connectivity index (χ0n) is 15.9. The summed E-state index contributed by atoms with van der Waals surface area (Å²) in [6, 6.07) is 3.27. The van der Waals surface area contributed by atoms with Crippen molar-refractivity contribution in [2.45, 2.75) is 77.2 Å². The van der Waals surface area contributed by atoms with Crippen molar-refractivity contribution in [3.05, 3.63) is 41.2 Å². The van der Waals surface area contributed by atoms with Crippen LogP contribution < -0.4 is 4.74 Å². The quantitative estimate of drug-likeness (QED) is 0.573. The molecule has 0 N–H and O–H groups in total. The second kappa shape index (κ2) is 8.88. The van der Waals surface area contributed by atoms with Gasteiger partial charge in [0.25, 0.3) is 0 Å². The Bertz CT molecular complexity index is 633. The minimum absolute atomic E-state index is 0.00794. The molecule has 1 aromatic rings. The molecule has 1 atom stereocenters. The van der Waals surface area contributed by atoms with Crippen LogP contribution in [-0.2, 0) is 4.74 Å². The molecule has 3 rings (SSSR count). The summed E-state index contributed by atoms with van der Waals surface area (Å²) >= 11 is 0. The first-order valence-corrected chi connectivity index (χ1v) is 10.1. The van der Waals surface area contributed by atoms with Crippen LogP contribution in [0, 0.1) is 17.6 Å². The van der Waals surface area contributed by atoms with E-state index in [1.54, 1.807) is 19.1 Å². The molecule has 4 heteroatoms. The molecule has 1 aliphatic heterocycles. The van der Waals surface area contributed by atoms with E-state index in [9.17, 15) is 8.78 Å². The second-order valence-corrected chi connectivity index (χ2v) is 7.54. The molecule has 1 heterocycles. The highest BCUT2D eigenvalue weighted by atomic mass is 19.2. The molecule has 1 aromatic carbocycles. The normalized spacial score (nSPS) is 26.2. The first kappa shape index (κ1) is 19.2. The molecule has 2 aliphatic rings. The highest BCUT2D eigenvalue weighted by Crippen LogP contribution is 2.42. The summed E-state index contributed by atoms with van der Waals surface area (Å²) in [6.07, 6.45) is 10.7. The van der Waals surface area contributed by atoms with Gasteiger partial charge in [0.15, 0.2) is 11.6 Å². The van der Waals surface area contributed by atoms with Crippen molar-refractivity contribution in [1.29, 1.82) is 0 Å². The third-order valence-corrected chi connectivity index (χ3v) is 5.85. The fraction of sp³-hybridized carbons (Fsp3) is 0.636. The molecule has 1 unspecified atom stereocenters. The van der Waals surface area contributed by atoms with Crippen LogP contribution in [0.2, 0.25) is 0 Å². The largest absolute Gasteiger partial charge is 0.498 e. The standard InChI is InChI=1S/C22H30F2O2/c1-3-5-18-11-10-17(14-26-18)15-6-8-16(9-7-15)19-12-13-20(25-4-2)22(24)21(19)23/h12-16,18H,3-11H2,1-2H3. The molecule has 1 fully saturated rings. The number of halogens is 2. The van der Waals surface area contributed by atoms with Gasteiger partial charge in [-0.25, -0.2) is 4.39 Å². The van der Waals surface area contributed by atoms with Crippen LogP contribution in [0.5, 0.6) is 5.75 Å². The molecule has 0 aromatic heterocycles. The van der Waals surface area contributed by atoms with E-state index >= 15 is 0 Å². The number of hydrogen-bond donors (Lipinski definition) is 0. The lowest BCUT2D eigenvalue weighted by atomic mass is 9.75. The second-order valence-electron chi connectivity index (χ2n) is 7.54. The van der Waals surface area contributed by atoms with Gasteiger partial charge < -0.3 is 9.47 Å². The van der Waals surface area contributed by atoms with E-state index in [-0.39, 0.29) is 11.7 Å². The summed E-state index contributed by atoms with van der Waals surface area (Å²) in [5, 5.41) is 0. The van der Waals surface area contributed by atoms with Gasteiger partial charge >= 0.3 is 0 Å². The molecular weight excluding hydrogens is 334 g/mol. The van der Waals surface area contributed by atoms with Crippen LogP contribution >= 0.6 is 0 Å². The minimum Gasteiger partial charge on any atom is -0.498 e. The molecule has 0 amide bonds. The Morgan fingerprint density at radius 3 is 2.35 bits per heavy atom. The van der Waals surface area contributed by atoms with Crippen LogP contribution in [0.1, 0.15) is 76.7 Å². The van der Waals surface area contributed by atoms with Gasteiger partial charge in [0.2, 0.25) is 5.82 Å². The number of hydrogen-bond acceptors (Lipinski definition) is 2. The van der Waals surface area contributed by atoms with Crippen molar-refractivity contribution in [1.82, 2.24) is 0 Å². The molecule has 1 saturated carbocycles. The maximum absolute atomic E-state index is 14.5. The van der Waals surface area contributed by atoms with Gasteiger partial charge in [0.1, 0.15) is 0 Å². The smallest absolute Gasteiger partial charge is 0.200 e. The summed E-state index contributed by atoms with van der Waals surface area (Å²) in [4.78, 5) is 0. The zero-order chi connectivity index (χ0) is 18.5. The van der Waals surface area contributed by atoms with Crippen molar-refractivity contribution >= 4 is 0 Å². The lowest BCUT2D eigenvalue weighted by Gasteiger charge is -2.33. The Morgan fingerprint density at radius 1 is 1.00 bits per heavy atom. The third kappa shape index (κ3) is 4.21. The van der Waals surface area contributed by atoms with Gasteiger partial charge in [0.05, 0.1) is 19.0 Å². The monoisotopic (exact) mass is 364 g/mol. The van der Waals surface area contributed by atoms with Crippen LogP contribution in [0.25, 0.3) is 0 Å². The Labute approximate surface area is 155 Å². The number of rotatable bonds is 6. The van der Waals surface area contributed by atoms with E-state index in [1.807, 2.05) is 6.26 Å². The maximum Gasteiger partial charge on any atom is 0.200 e. The maximum atomic E-state index is 14.5. The Hall–Kier alpha value is -1.58. The van der Waals surface area contributed by atoms with Crippen molar-refractivity contribution in [3.63, 3.8) is 0 Å². The Balaban J connectivity index is 1.60. The topological polar surface area (TPSA) is 18.5 Å². The highest BCUT2D eigenvalue weighted by Gasteiger charge is 2.29. The van der Waals surface area contributed by atoms with E-state index in [0.29, 0.717) is 24.2 Å². The first-order chi connectivity index (χ1) is 12.6. The molecular formula is C22H30F2O2. The van der Waals surface area contributed by atoms with Gasteiger partial charge in [-0.2, -0.15) is 4.39 Å². The lowest BCUT2D eigenvalue weighted by Crippen LogP contribution is -2.21. The van der Waals surface area contributed by atoms with Gasteiger partial charge in [-0.3, -0.25) is 0 Å². The first-order valence-electron chi connectivity index (χ1n) is 10.1. The van der Waals surface area contributed by atoms with E-state index in [1.165, 1.54) is 5.57 Å². The summed E-state index contributed by atoms with van der Waals surface area (Å²) in [5.74, 6) is -0.953. The fourth-order valence-electron chi connectivity index (χ4n) is 4.38. The van der Waals surface area contributed by atoms with Crippen LogP contribution in [0.4, 0.5) is 8.78 Å². The van der Waals surface area contributed by atoms with Gasteiger partial charge in [-0.15, -0.1) is 0 Å². The summed E-state index contributed by atoms with van der Waals surface area (Å²) in [5.41, 5.74) is 1.91. The molecule has 2 nitrogen and oxygen atoms in total. The van der Waals surface area contributed by atoms with Gasteiger partial charge in [-0.05, 0) is 80.9 Å². The van der Waals surface area contributed by atoms with Crippen molar-refractivity contribution < 1.29 is 18.3 Å². The fourth-order valence-corrected chi connectivity index (χ4v) is 4.38. The van der Waals surface area contributed by atoms with E-state index in [0.717, 1.165) is 51.4 Å². The Kier molecular flexibility index (Phi) is 6.55. The third-order valence-electron chi connectivity index (χ3n) is 5.85. The molecule has 26 heavy (non-hydrogen) atoms. The predicted octanol–water partition coefficient (Wildman–Crippen LogP) is 6.50. The number of benzene rings is 1. The molecule has 1 aliphatic carbocycles. The number of ether oxygens (including phenoxy) is 2. The molecule has 0 spiro atoms. The highest BCUT2D eigenvalue weighted by molar-refractivity contribution is 5.33. The van der Waals surface area contributed by atoms with E-state index in [4.69, 9.17) is 9.47 Å². The van der Waals surface area contributed by atoms with E-state index < -0.39 is 11.6 Å². The average molecular weight is 364 g/mol. The van der Waals surface area contributed by atoms with Crippen LogP contribution in [-0.4, -0.2) is 12.7 Å². The van der Waals surface area contributed by atoms with Gasteiger partial charge in [0, 0.05) is 0 Å². The van der Waals surface area contributed by atoms with Crippen molar-refractivity contribution in [2.75, 3.05) is 6.61 Å². The van der Waals surface area contributed by atoms with Crippen LogP contribution in [0.15, 0.2) is 24.0 Å². The Morgan fingerprint density at radius 2 is 1.73 bits per heavy atom. The summed E-state index contributed by atoms with van der Waals surface area (Å²) < 4.78 is 39.6. The van der Waals surface area contributed by atoms with E-state index in [2.05, 4.69) is 6.92 Å². The van der Waals surface area contributed by atoms with Crippen molar-refractivity contribution in [2.24, 2.45) is 5.92 Å². The lowest BCUT2D eigenvalue weighted by molar-refractivity contribution is 0.104. The molecule has 0 bridgehead atoms. The zero-order valence-corrected chi connectivity index (χ0v) is 15.9. The number of allylic oxidation sites excluding steroid dienone is 1. The molecule has 0 saturated heterocycles. The van der Waals surface area contributed by atoms with Gasteiger partial charge in [-0.1, -0.05) is 19.4 Å². The predicted molar refractivity (Wildman–Crippen MR) is 99.3 cm³/mol. The summed E-state index contributed by atoms with van der Waals surface area (Å²) in [7, 11) is 0. The van der Waals surface area contributed by atoms with Crippen LogP contribution in [0.3, 0.4) is 0 Å². The molecule has 144 valence electrons. The molecule has 0 radical (unpaired) electrons. The summed E-state index contributed by atoms with van der Waals surface area (Å²) in [6.45, 7) is 4.28.